The zero-order chi connectivity index (χ0) is 28.0. The summed E-state index contributed by atoms with van der Waals surface area (Å²) in [5.74, 6) is 5.66. The molecular weight excluding hydrogens is 495 g/mol. The molecule has 1 heterocycles. The van der Waals surface area contributed by atoms with E-state index in [0.717, 1.165) is 17.7 Å². The Labute approximate surface area is 220 Å². The van der Waals surface area contributed by atoms with Gasteiger partial charge in [-0.3, -0.25) is 14.8 Å². The number of rotatable bonds is 9. The standard InChI is InChI=1S/C27H32F3N7O/c1-18-7-8-19(14-25(18)37(32)17-22(31)20-6-5-11-33-16-20)26(38)34-23-15-21(27(28,29)30)9-10-24(23)36(4)13-12-35(2)3/h5-11,14-17H,12-13,31-32H2,1-4H3,(H,34,38)/b22-17-. The van der Waals surface area contributed by atoms with Crippen LogP contribution in [0.2, 0.25) is 0 Å². The molecule has 8 nitrogen and oxygen atoms in total. The largest absolute Gasteiger partial charge is 0.416 e. The van der Waals surface area contributed by atoms with Crippen LogP contribution in [0, 0.1) is 6.92 Å². The number of carbonyl (C=O) groups excluding carboxylic acids is 1. The van der Waals surface area contributed by atoms with Crippen LogP contribution >= 0.6 is 0 Å². The average Bonchev–Trinajstić information content (AvgIpc) is 2.87. The summed E-state index contributed by atoms with van der Waals surface area (Å²) in [4.78, 5) is 21.0. The quantitative estimate of drug-likeness (QED) is 0.282. The Kier molecular flexibility index (Phi) is 8.97. The van der Waals surface area contributed by atoms with Crippen LogP contribution in [0.5, 0.6) is 0 Å². The first-order chi connectivity index (χ1) is 17.9. The highest BCUT2D eigenvalue weighted by Gasteiger charge is 2.31. The maximum Gasteiger partial charge on any atom is 0.416 e. The van der Waals surface area contributed by atoms with Crippen LogP contribution in [0.4, 0.5) is 30.2 Å². The number of aryl methyl sites for hydroxylation is 1. The number of nitrogens with two attached hydrogens (primary N) is 2. The van der Waals surface area contributed by atoms with Gasteiger partial charge in [0.25, 0.3) is 5.91 Å². The van der Waals surface area contributed by atoms with E-state index in [4.69, 9.17) is 11.6 Å². The summed E-state index contributed by atoms with van der Waals surface area (Å²) in [6.07, 6.45) is 0.168. The molecule has 3 aromatic rings. The number of anilines is 3. The van der Waals surface area contributed by atoms with Gasteiger partial charge in [0, 0.05) is 49.9 Å². The van der Waals surface area contributed by atoms with Gasteiger partial charge >= 0.3 is 6.18 Å². The fraction of sp³-hybridized carbons (Fsp3) is 0.259. The van der Waals surface area contributed by atoms with Gasteiger partial charge in [0.05, 0.1) is 28.3 Å². The first kappa shape index (κ1) is 28.5. The number of likely N-dealkylation sites (N-methyl/N-ethyl adjacent to an activating group) is 2. The highest BCUT2D eigenvalue weighted by Crippen LogP contribution is 2.35. The minimum absolute atomic E-state index is 0.0542. The van der Waals surface area contributed by atoms with Crippen molar-refractivity contribution in [1.82, 2.24) is 9.88 Å². The van der Waals surface area contributed by atoms with E-state index in [0.29, 0.717) is 35.7 Å². The molecule has 3 rings (SSSR count). The van der Waals surface area contributed by atoms with E-state index in [2.05, 4.69) is 10.3 Å². The molecule has 1 amide bonds. The fourth-order valence-corrected chi connectivity index (χ4v) is 3.67. The summed E-state index contributed by atoms with van der Waals surface area (Å²) in [5.41, 5.74) is 8.32. The molecule has 0 aliphatic rings. The zero-order valence-corrected chi connectivity index (χ0v) is 21.8. The van der Waals surface area contributed by atoms with Crippen LogP contribution in [-0.4, -0.2) is 50.0 Å². The highest BCUT2D eigenvalue weighted by atomic mass is 19.4. The third kappa shape index (κ3) is 7.24. The summed E-state index contributed by atoms with van der Waals surface area (Å²) in [6.45, 7) is 3.03. The van der Waals surface area contributed by atoms with Crippen LogP contribution in [0.25, 0.3) is 5.70 Å². The van der Waals surface area contributed by atoms with Crippen molar-refractivity contribution in [3.8, 4) is 0 Å². The van der Waals surface area contributed by atoms with Crippen molar-refractivity contribution < 1.29 is 18.0 Å². The molecule has 0 bridgehead atoms. The van der Waals surface area contributed by atoms with Gasteiger partial charge in [-0.25, -0.2) is 5.84 Å². The normalized spacial score (nSPS) is 12.0. The number of amides is 1. The fourth-order valence-electron chi connectivity index (χ4n) is 3.67. The molecule has 1 aromatic heterocycles. The summed E-state index contributed by atoms with van der Waals surface area (Å²) >= 11 is 0. The number of pyridine rings is 1. The Hall–Kier alpha value is -4.09. The maximum atomic E-state index is 13.5. The highest BCUT2D eigenvalue weighted by molar-refractivity contribution is 6.06. The van der Waals surface area contributed by atoms with Gasteiger partial charge in [-0.05, 0) is 69.0 Å². The first-order valence-electron chi connectivity index (χ1n) is 11.8. The van der Waals surface area contributed by atoms with E-state index in [9.17, 15) is 18.0 Å². The molecule has 0 fully saturated rings. The van der Waals surface area contributed by atoms with Gasteiger partial charge in [-0.15, -0.1) is 0 Å². The number of carbonyl (C=O) groups is 1. The van der Waals surface area contributed by atoms with Gasteiger partial charge in [0.2, 0.25) is 0 Å². The van der Waals surface area contributed by atoms with E-state index in [1.165, 1.54) is 17.3 Å². The van der Waals surface area contributed by atoms with Gasteiger partial charge in [-0.1, -0.05) is 6.07 Å². The second-order valence-corrected chi connectivity index (χ2v) is 9.14. The van der Waals surface area contributed by atoms with Crippen molar-refractivity contribution >= 4 is 28.7 Å². The first-order valence-corrected chi connectivity index (χ1v) is 11.8. The topological polar surface area (TPSA) is 104 Å². The summed E-state index contributed by atoms with van der Waals surface area (Å²) in [6, 6.07) is 11.7. The number of hydrogen-bond donors (Lipinski definition) is 3. The number of benzene rings is 2. The van der Waals surface area contributed by atoms with Gasteiger partial charge in [0.15, 0.2) is 0 Å². The van der Waals surface area contributed by atoms with Gasteiger partial charge < -0.3 is 20.9 Å². The summed E-state index contributed by atoms with van der Waals surface area (Å²) in [5, 5.41) is 3.95. The molecule has 0 unspecified atom stereocenters. The minimum Gasteiger partial charge on any atom is -0.397 e. The Morgan fingerprint density at radius 3 is 2.39 bits per heavy atom. The van der Waals surface area contributed by atoms with Crippen molar-refractivity contribution in [3.63, 3.8) is 0 Å². The summed E-state index contributed by atoms with van der Waals surface area (Å²) < 4.78 is 40.4. The zero-order valence-electron chi connectivity index (χ0n) is 21.8. The van der Waals surface area contributed by atoms with E-state index < -0.39 is 17.6 Å². The molecule has 0 atom stereocenters. The number of nitrogens with one attached hydrogen (secondary N) is 1. The van der Waals surface area contributed by atoms with Crippen LogP contribution in [0.15, 0.2) is 67.1 Å². The number of nitrogens with zero attached hydrogens (tertiary/aromatic N) is 4. The second-order valence-electron chi connectivity index (χ2n) is 9.14. The van der Waals surface area contributed by atoms with Crippen molar-refractivity contribution in [1.29, 1.82) is 0 Å². The molecule has 38 heavy (non-hydrogen) atoms. The van der Waals surface area contributed by atoms with Crippen molar-refractivity contribution in [2.24, 2.45) is 11.6 Å². The van der Waals surface area contributed by atoms with Crippen molar-refractivity contribution in [2.45, 2.75) is 13.1 Å². The Morgan fingerprint density at radius 1 is 1.03 bits per heavy atom. The summed E-state index contributed by atoms with van der Waals surface area (Å²) in [7, 11) is 5.56. The Balaban J connectivity index is 1.91. The molecule has 0 saturated carbocycles. The minimum atomic E-state index is -4.56. The van der Waals surface area contributed by atoms with E-state index in [1.54, 1.807) is 54.7 Å². The maximum absolute atomic E-state index is 13.5. The van der Waals surface area contributed by atoms with Crippen LogP contribution in [-0.2, 0) is 6.18 Å². The molecule has 5 N–H and O–H groups in total. The SMILES string of the molecule is Cc1ccc(C(=O)Nc2cc(C(F)(F)F)ccc2N(C)CCN(C)C)cc1N(N)/C=C(\N)c1cccnc1. The Bertz CT molecular complexity index is 1290. The van der Waals surface area contributed by atoms with Gasteiger partial charge in [-0.2, -0.15) is 13.2 Å². The molecule has 0 saturated heterocycles. The van der Waals surface area contributed by atoms with E-state index in [-0.39, 0.29) is 11.3 Å². The van der Waals surface area contributed by atoms with Crippen LogP contribution in [0.3, 0.4) is 0 Å². The van der Waals surface area contributed by atoms with Gasteiger partial charge in [0.1, 0.15) is 0 Å². The van der Waals surface area contributed by atoms with Crippen molar-refractivity contribution in [3.05, 3.63) is 89.4 Å². The molecule has 0 aliphatic carbocycles. The molecule has 11 heteroatoms. The lowest BCUT2D eigenvalue weighted by Crippen LogP contribution is -2.29. The van der Waals surface area contributed by atoms with E-state index in [1.807, 2.05) is 25.9 Å². The third-order valence-electron chi connectivity index (χ3n) is 5.89. The molecule has 202 valence electrons. The molecule has 0 radical (unpaired) electrons. The smallest absolute Gasteiger partial charge is 0.397 e. The Morgan fingerprint density at radius 2 is 1.76 bits per heavy atom. The number of aromatic nitrogens is 1. The third-order valence-corrected chi connectivity index (χ3v) is 5.89. The number of hydrazine groups is 1. The predicted molar refractivity (Wildman–Crippen MR) is 145 cm³/mol. The van der Waals surface area contributed by atoms with Crippen LogP contribution < -0.4 is 26.8 Å². The number of hydrogen-bond acceptors (Lipinski definition) is 7. The number of alkyl halides is 3. The lowest BCUT2D eigenvalue weighted by atomic mass is 10.1. The van der Waals surface area contributed by atoms with E-state index >= 15 is 0 Å². The average molecular weight is 528 g/mol. The lowest BCUT2D eigenvalue weighted by Gasteiger charge is -2.25. The molecule has 0 spiro atoms. The lowest BCUT2D eigenvalue weighted by molar-refractivity contribution is -0.137. The predicted octanol–water partition coefficient (Wildman–Crippen LogP) is 4.30. The second kappa shape index (κ2) is 12.0. The molecule has 0 aliphatic heterocycles. The monoisotopic (exact) mass is 527 g/mol. The number of halogens is 3. The molecular formula is C27H32F3N7O. The molecule has 2 aromatic carbocycles. The van der Waals surface area contributed by atoms with Crippen molar-refractivity contribution in [2.75, 3.05) is 49.5 Å². The van der Waals surface area contributed by atoms with Crippen LogP contribution in [0.1, 0.15) is 27.0 Å².